The maximum Gasteiger partial charge on any atom is 0.309 e. The Morgan fingerprint density at radius 3 is 2.50 bits per heavy atom. The summed E-state index contributed by atoms with van der Waals surface area (Å²) in [6.45, 7) is 18.9. The number of hydrogen-bond acceptors (Lipinski definition) is 6. The summed E-state index contributed by atoms with van der Waals surface area (Å²) >= 11 is 1.56. The predicted molar refractivity (Wildman–Crippen MR) is 159 cm³/mol. The van der Waals surface area contributed by atoms with Crippen LogP contribution in [0.5, 0.6) is 0 Å². The molecule has 0 radical (unpaired) electrons. The summed E-state index contributed by atoms with van der Waals surface area (Å²) in [5.74, 6) is -2.30. The number of hydrogen-bond donors (Lipinski definition) is 3. The van der Waals surface area contributed by atoms with Crippen LogP contribution in [0.3, 0.4) is 0 Å². The molecule has 1 aliphatic heterocycles. The lowest BCUT2D eigenvalue weighted by Crippen LogP contribution is -2.57. The van der Waals surface area contributed by atoms with Gasteiger partial charge in [0.2, 0.25) is 11.8 Å². The molecule has 0 unspecified atom stereocenters. The molecule has 3 amide bonds. The maximum absolute atomic E-state index is 15.3. The van der Waals surface area contributed by atoms with E-state index in [9.17, 15) is 19.5 Å². The Morgan fingerprint density at radius 2 is 1.95 bits per heavy atom. The SMILES string of the molecule is [C-]#[N+]C1(C(=O)N[C@H](C(=O)N2C[C@H](O)[C@H](F)[C@H]2C(=O)NCc2ccc(-c3scnc3C)cc2CC(C)(C)C)C(C)C)CC1. The molecule has 1 saturated heterocycles. The second-order valence-electron chi connectivity index (χ2n) is 13.0. The topological polar surface area (TPSA) is 116 Å². The Hall–Kier alpha value is -3.36. The lowest BCUT2D eigenvalue weighted by molar-refractivity contribution is -0.143. The van der Waals surface area contributed by atoms with Crippen molar-refractivity contribution in [2.75, 3.05) is 6.54 Å². The maximum atomic E-state index is 15.3. The molecular weight excluding hydrogens is 557 g/mol. The number of nitrogens with one attached hydrogen (secondary N) is 2. The van der Waals surface area contributed by atoms with Gasteiger partial charge < -0.3 is 20.6 Å². The first-order chi connectivity index (χ1) is 19.7. The highest BCUT2D eigenvalue weighted by atomic mass is 32.1. The smallest absolute Gasteiger partial charge is 0.309 e. The number of amides is 3. The lowest BCUT2D eigenvalue weighted by atomic mass is 9.85. The van der Waals surface area contributed by atoms with Gasteiger partial charge in [-0.3, -0.25) is 19.2 Å². The summed E-state index contributed by atoms with van der Waals surface area (Å²) in [5, 5.41) is 15.8. The first kappa shape index (κ1) is 31.6. The lowest BCUT2D eigenvalue weighted by Gasteiger charge is -2.30. The number of carbonyl (C=O) groups is 3. The van der Waals surface area contributed by atoms with Gasteiger partial charge in [0.15, 0.2) is 6.17 Å². The fraction of sp³-hybridized carbons (Fsp3) is 0.581. The van der Waals surface area contributed by atoms with Crippen molar-refractivity contribution in [2.45, 2.75) is 97.2 Å². The Bertz CT molecular complexity index is 1390. The normalized spacial score (nSPS) is 22.0. The van der Waals surface area contributed by atoms with E-state index in [2.05, 4.69) is 47.3 Å². The van der Waals surface area contributed by atoms with Gasteiger partial charge in [-0.25, -0.2) is 15.9 Å². The van der Waals surface area contributed by atoms with Gasteiger partial charge in [-0.1, -0.05) is 46.8 Å². The number of nitrogens with zero attached hydrogens (tertiary/aromatic N) is 3. The summed E-state index contributed by atoms with van der Waals surface area (Å²) in [6.07, 6.45) is -1.94. The Kier molecular flexibility index (Phi) is 9.09. The van der Waals surface area contributed by atoms with E-state index in [1.165, 1.54) is 0 Å². The van der Waals surface area contributed by atoms with E-state index in [1.807, 2.05) is 24.6 Å². The van der Waals surface area contributed by atoms with Crippen LogP contribution >= 0.6 is 11.3 Å². The van der Waals surface area contributed by atoms with Crippen molar-refractivity contribution in [1.82, 2.24) is 20.5 Å². The molecule has 4 rings (SSSR count). The zero-order chi connectivity index (χ0) is 31.0. The summed E-state index contributed by atoms with van der Waals surface area (Å²) in [5.41, 5.74) is 4.51. The van der Waals surface area contributed by atoms with E-state index >= 15 is 4.39 Å². The van der Waals surface area contributed by atoms with Crippen LogP contribution in [0.1, 0.15) is 64.3 Å². The van der Waals surface area contributed by atoms with Gasteiger partial charge in [-0.2, -0.15) is 0 Å². The van der Waals surface area contributed by atoms with Gasteiger partial charge in [0.05, 0.1) is 22.6 Å². The number of carbonyl (C=O) groups excluding carboxylic acids is 3. The largest absolute Gasteiger partial charge is 0.388 e. The average molecular weight is 598 g/mol. The third kappa shape index (κ3) is 6.65. The number of thiazole rings is 1. The second kappa shape index (κ2) is 12.1. The molecule has 2 heterocycles. The van der Waals surface area contributed by atoms with Gasteiger partial charge in [0.25, 0.3) is 0 Å². The minimum absolute atomic E-state index is 0.0362. The Balaban J connectivity index is 1.53. The molecule has 1 saturated carbocycles. The van der Waals surface area contributed by atoms with E-state index in [0.717, 1.165) is 38.6 Å². The van der Waals surface area contributed by atoms with E-state index in [0.29, 0.717) is 12.8 Å². The molecule has 42 heavy (non-hydrogen) atoms. The molecule has 2 fully saturated rings. The third-order valence-electron chi connectivity index (χ3n) is 7.91. The molecule has 2 aromatic rings. The van der Waals surface area contributed by atoms with Gasteiger partial charge in [-0.05, 0) is 47.4 Å². The second-order valence-corrected chi connectivity index (χ2v) is 13.8. The number of alkyl halides is 1. The van der Waals surface area contributed by atoms with Crippen LogP contribution in [0.15, 0.2) is 23.7 Å². The van der Waals surface area contributed by atoms with Crippen molar-refractivity contribution in [3.63, 3.8) is 0 Å². The summed E-state index contributed by atoms with van der Waals surface area (Å²) in [6, 6.07) is 3.42. The molecule has 1 aliphatic carbocycles. The van der Waals surface area contributed by atoms with E-state index < -0.39 is 47.6 Å². The highest BCUT2D eigenvalue weighted by Gasteiger charge is 2.59. The van der Waals surface area contributed by atoms with Crippen molar-refractivity contribution < 1.29 is 23.9 Å². The standard InChI is InChI=1S/C31H40FN5O4S/c1-17(2)24(36-29(41)31(33-7)10-11-31)28(40)37-15-22(38)23(32)25(37)27(39)34-14-20-9-8-19(26-18(3)35-16-42-26)12-21(20)13-30(4,5)6/h8-9,12,16-17,22-25,38H,10-11,13-15H2,1-6H3,(H,34,39)(H,36,41)/t22-,23-,24-,25-/m0/s1. The first-order valence-corrected chi connectivity index (χ1v) is 15.2. The van der Waals surface area contributed by atoms with Crippen LogP contribution in [0.2, 0.25) is 0 Å². The minimum Gasteiger partial charge on any atom is -0.388 e. The molecule has 1 aromatic heterocycles. The predicted octanol–water partition coefficient (Wildman–Crippen LogP) is 3.83. The Labute approximate surface area is 250 Å². The van der Waals surface area contributed by atoms with Crippen LogP contribution in [-0.2, 0) is 27.3 Å². The zero-order valence-electron chi connectivity index (χ0n) is 25.0. The number of aliphatic hydroxyl groups is 1. The first-order valence-electron chi connectivity index (χ1n) is 14.3. The number of rotatable bonds is 9. The number of aromatic nitrogens is 1. The molecule has 2 aliphatic rings. The van der Waals surface area contributed by atoms with Crippen molar-refractivity contribution in [3.05, 3.63) is 51.9 Å². The van der Waals surface area contributed by atoms with Gasteiger partial charge >= 0.3 is 11.4 Å². The molecule has 226 valence electrons. The minimum atomic E-state index is -1.98. The van der Waals surface area contributed by atoms with Crippen molar-refractivity contribution in [3.8, 4) is 10.4 Å². The number of benzene rings is 1. The molecule has 1 aromatic carbocycles. The van der Waals surface area contributed by atoms with Crippen molar-refractivity contribution in [2.24, 2.45) is 11.3 Å². The monoisotopic (exact) mass is 597 g/mol. The average Bonchev–Trinajstić information content (AvgIpc) is 3.52. The summed E-state index contributed by atoms with van der Waals surface area (Å²) < 4.78 is 15.3. The Morgan fingerprint density at radius 1 is 1.26 bits per heavy atom. The molecule has 11 heteroatoms. The summed E-state index contributed by atoms with van der Waals surface area (Å²) in [7, 11) is 0. The molecule has 9 nitrogen and oxygen atoms in total. The zero-order valence-corrected chi connectivity index (χ0v) is 25.8. The number of likely N-dealkylation sites (tertiary alicyclic amines) is 1. The van der Waals surface area contributed by atoms with Crippen LogP contribution in [0.4, 0.5) is 4.39 Å². The fourth-order valence-corrected chi connectivity index (χ4v) is 6.13. The highest BCUT2D eigenvalue weighted by molar-refractivity contribution is 7.13. The third-order valence-corrected chi connectivity index (χ3v) is 8.89. The number of aliphatic hydroxyl groups excluding tert-OH is 1. The number of aryl methyl sites for hydroxylation is 1. The van der Waals surface area contributed by atoms with E-state index in [4.69, 9.17) is 6.57 Å². The highest BCUT2D eigenvalue weighted by Crippen LogP contribution is 2.40. The molecule has 0 bridgehead atoms. The van der Waals surface area contributed by atoms with Crippen LogP contribution in [-0.4, -0.2) is 69.2 Å². The van der Waals surface area contributed by atoms with Crippen LogP contribution < -0.4 is 10.6 Å². The number of β-amino-alcohol motifs (C(OH)–C–C–N with tert-alkyl or cyclic N) is 1. The van der Waals surface area contributed by atoms with Crippen LogP contribution in [0.25, 0.3) is 15.3 Å². The van der Waals surface area contributed by atoms with Crippen molar-refractivity contribution in [1.29, 1.82) is 0 Å². The van der Waals surface area contributed by atoms with Gasteiger partial charge in [0.1, 0.15) is 18.2 Å². The van der Waals surface area contributed by atoms with Gasteiger partial charge in [-0.15, -0.1) is 11.3 Å². The fourth-order valence-electron chi connectivity index (χ4n) is 5.33. The van der Waals surface area contributed by atoms with E-state index in [-0.39, 0.29) is 24.4 Å². The quantitative estimate of drug-likeness (QED) is 0.380. The van der Waals surface area contributed by atoms with Crippen LogP contribution in [0, 0.1) is 24.8 Å². The summed E-state index contributed by atoms with van der Waals surface area (Å²) in [4.78, 5) is 49.6. The molecular formula is C31H40FN5O4S. The van der Waals surface area contributed by atoms with Crippen molar-refractivity contribution >= 4 is 29.1 Å². The van der Waals surface area contributed by atoms with Gasteiger partial charge in [0, 0.05) is 19.4 Å². The molecule has 0 spiro atoms. The number of halogens is 1. The molecule has 4 atom stereocenters. The van der Waals surface area contributed by atoms with E-state index in [1.54, 1.807) is 25.2 Å². The molecule has 3 N–H and O–H groups in total.